The lowest BCUT2D eigenvalue weighted by Crippen LogP contribution is -2.08. The molecule has 0 atom stereocenters. The third kappa shape index (κ3) is 5.06. The summed E-state index contributed by atoms with van der Waals surface area (Å²) in [6.45, 7) is 0. The van der Waals surface area contributed by atoms with Gasteiger partial charge in [-0.25, -0.2) is 0 Å². The molecule has 4 heteroatoms. The van der Waals surface area contributed by atoms with Crippen molar-refractivity contribution in [3.63, 3.8) is 0 Å². The second-order valence-electron chi connectivity index (χ2n) is 1.86. The predicted molar refractivity (Wildman–Crippen MR) is 34.4 cm³/mol. The minimum absolute atomic E-state index is 0.304. The van der Waals surface area contributed by atoms with Gasteiger partial charge in [0.05, 0.1) is 6.07 Å². The first-order valence-electron chi connectivity index (χ1n) is 3.07. The topological polar surface area (TPSA) is 76.1 Å². The van der Waals surface area contributed by atoms with Gasteiger partial charge in [0.25, 0.3) is 0 Å². The number of hydrogen-bond acceptors (Lipinski definition) is 4. The molecule has 10 heavy (non-hydrogen) atoms. The van der Waals surface area contributed by atoms with Gasteiger partial charge in [-0.3, -0.25) is 4.79 Å². The van der Waals surface area contributed by atoms with Crippen molar-refractivity contribution in [2.24, 2.45) is 5.90 Å². The number of nitriles is 1. The van der Waals surface area contributed by atoms with Gasteiger partial charge in [0.15, 0.2) is 0 Å². The summed E-state index contributed by atoms with van der Waals surface area (Å²) in [5.41, 5.74) is 0. The lowest BCUT2D eigenvalue weighted by Gasteiger charge is -1.94. The zero-order valence-corrected chi connectivity index (χ0v) is 5.67. The molecule has 0 spiro atoms. The molecule has 0 aliphatic carbocycles. The summed E-state index contributed by atoms with van der Waals surface area (Å²) in [6, 6.07) is 1.98. The molecule has 0 heterocycles. The molecule has 0 rings (SSSR count). The van der Waals surface area contributed by atoms with Crippen LogP contribution < -0.4 is 5.90 Å². The lowest BCUT2D eigenvalue weighted by atomic mass is 10.2. The van der Waals surface area contributed by atoms with Crippen LogP contribution in [0.3, 0.4) is 0 Å². The number of nitrogens with two attached hydrogens (primary N) is 1. The summed E-state index contributed by atoms with van der Waals surface area (Å²) >= 11 is 0. The van der Waals surface area contributed by atoms with Crippen molar-refractivity contribution in [2.75, 3.05) is 0 Å². The van der Waals surface area contributed by atoms with Crippen molar-refractivity contribution in [2.45, 2.75) is 25.7 Å². The van der Waals surface area contributed by atoms with E-state index >= 15 is 0 Å². The van der Waals surface area contributed by atoms with Gasteiger partial charge in [-0.1, -0.05) is 0 Å². The van der Waals surface area contributed by atoms with Crippen molar-refractivity contribution in [1.82, 2.24) is 0 Å². The number of carbonyl (C=O) groups excluding carboxylic acids is 1. The molecule has 0 radical (unpaired) electrons. The van der Waals surface area contributed by atoms with Crippen LogP contribution in [-0.4, -0.2) is 5.97 Å². The molecular weight excluding hydrogens is 132 g/mol. The average molecular weight is 142 g/mol. The maximum atomic E-state index is 10.3. The molecule has 0 aromatic rings. The maximum absolute atomic E-state index is 10.3. The molecule has 2 N–H and O–H groups in total. The highest BCUT2D eigenvalue weighted by Crippen LogP contribution is 1.98. The third-order valence-corrected chi connectivity index (χ3v) is 1.05. The van der Waals surface area contributed by atoms with E-state index < -0.39 is 5.97 Å². The van der Waals surface area contributed by atoms with E-state index in [-0.39, 0.29) is 0 Å². The summed E-state index contributed by atoms with van der Waals surface area (Å²) in [5, 5.41) is 8.10. The lowest BCUT2D eigenvalue weighted by molar-refractivity contribution is -0.144. The Hall–Kier alpha value is -1.08. The van der Waals surface area contributed by atoms with Crippen LogP contribution in [0, 0.1) is 11.3 Å². The minimum Gasteiger partial charge on any atom is -0.373 e. The molecule has 0 saturated carbocycles. The maximum Gasteiger partial charge on any atom is 0.324 e. The molecule has 0 bridgehead atoms. The second kappa shape index (κ2) is 6.05. The van der Waals surface area contributed by atoms with Crippen LogP contribution in [-0.2, 0) is 9.63 Å². The molecule has 0 aliphatic heterocycles. The number of hydrogen-bond donors (Lipinski definition) is 1. The number of unbranched alkanes of at least 4 members (excludes halogenated alkanes) is 2. The number of rotatable bonds is 4. The first-order chi connectivity index (χ1) is 4.81. The van der Waals surface area contributed by atoms with Gasteiger partial charge in [-0.05, 0) is 12.8 Å². The monoisotopic (exact) mass is 142 g/mol. The van der Waals surface area contributed by atoms with Crippen molar-refractivity contribution < 1.29 is 9.63 Å². The highest BCUT2D eigenvalue weighted by molar-refractivity contribution is 5.68. The Morgan fingerprint density at radius 3 is 2.80 bits per heavy atom. The van der Waals surface area contributed by atoms with Crippen LogP contribution in [0.4, 0.5) is 0 Å². The van der Waals surface area contributed by atoms with Crippen LogP contribution in [0.25, 0.3) is 0 Å². The normalized spacial score (nSPS) is 8.40. The first kappa shape index (κ1) is 8.92. The van der Waals surface area contributed by atoms with Crippen LogP contribution in [0.1, 0.15) is 25.7 Å². The van der Waals surface area contributed by atoms with Gasteiger partial charge in [0.2, 0.25) is 0 Å². The van der Waals surface area contributed by atoms with E-state index in [1.54, 1.807) is 0 Å². The second-order valence-corrected chi connectivity index (χ2v) is 1.86. The molecule has 0 aliphatic rings. The van der Waals surface area contributed by atoms with E-state index in [4.69, 9.17) is 5.26 Å². The first-order valence-corrected chi connectivity index (χ1v) is 3.07. The Labute approximate surface area is 59.5 Å². The summed E-state index contributed by atoms with van der Waals surface area (Å²) in [4.78, 5) is 14.3. The van der Waals surface area contributed by atoms with Crippen molar-refractivity contribution in [3.8, 4) is 6.07 Å². The number of nitrogens with zero attached hydrogens (tertiary/aromatic N) is 1. The van der Waals surface area contributed by atoms with Gasteiger partial charge in [-0.2, -0.15) is 11.2 Å². The van der Waals surface area contributed by atoms with Gasteiger partial charge in [-0.15, -0.1) is 0 Å². The van der Waals surface area contributed by atoms with Crippen molar-refractivity contribution >= 4 is 5.97 Å². The van der Waals surface area contributed by atoms with Gasteiger partial charge in [0, 0.05) is 12.8 Å². The van der Waals surface area contributed by atoms with Crippen LogP contribution in [0.15, 0.2) is 0 Å². The van der Waals surface area contributed by atoms with Crippen LogP contribution >= 0.6 is 0 Å². The summed E-state index contributed by atoms with van der Waals surface area (Å²) < 4.78 is 0. The number of carbonyl (C=O) groups is 1. The summed E-state index contributed by atoms with van der Waals surface area (Å²) in [5.74, 6) is 4.15. The zero-order chi connectivity index (χ0) is 7.82. The molecule has 0 amide bonds. The molecule has 0 saturated heterocycles. The fourth-order valence-corrected chi connectivity index (χ4v) is 0.532. The predicted octanol–water partition coefficient (Wildman–Crippen LogP) is 0.487. The highest BCUT2D eigenvalue weighted by Gasteiger charge is 1.98. The van der Waals surface area contributed by atoms with E-state index in [9.17, 15) is 4.79 Å². The Balaban J connectivity index is 3.05. The fraction of sp³-hybridized carbons (Fsp3) is 0.667. The Morgan fingerprint density at radius 1 is 1.60 bits per heavy atom. The molecule has 0 aromatic heterocycles. The third-order valence-electron chi connectivity index (χ3n) is 1.05. The van der Waals surface area contributed by atoms with Crippen molar-refractivity contribution in [3.05, 3.63) is 0 Å². The van der Waals surface area contributed by atoms with E-state index in [1.807, 2.05) is 6.07 Å². The van der Waals surface area contributed by atoms with Gasteiger partial charge >= 0.3 is 5.97 Å². The van der Waals surface area contributed by atoms with Crippen molar-refractivity contribution in [1.29, 1.82) is 5.26 Å². The molecule has 0 unspecified atom stereocenters. The molecule has 0 fully saturated rings. The largest absolute Gasteiger partial charge is 0.373 e. The van der Waals surface area contributed by atoms with Gasteiger partial charge in [0.1, 0.15) is 0 Å². The standard InChI is InChI=1S/C6H10N2O2/c7-5-3-1-2-4-6(9)10-8/h1-4,8H2. The SMILES string of the molecule is N#CCCCCC(=O)ON. The van der Waals surface area contributed by atoms with Crippen LogP contribution in [0.2, 0.25) is 0 Å². The smallest absolute Gasteiger partial charge is 0.324 e. The molecule has 56 valence electrons. The quantitative estimate of drug-likeness (QED) is 0.457. The highest BCUT2D eigenvalue weighted by atomic mass is 16.7. The molecule has 4 nitrogen and oxygen atoms in total. The van der Waals surface area contributed by atoms with Gasteiger partial charge < -0.3 is 4.84 Å². The fourth-order valence-electron chi connectivity index (χ4n) is 0.532. The van der Waals surface area contributed by atoms with E-state index in [0.717, 1.165) is 6.42 Å². The minimum atomic E-state index is -0.419. The zero-order valence-electron chi connectivity index (χ0n) is 5.67. The Bertz CT molecular complexity index is 139. The Kier molecular flexibility index (Phi) is 5.39. The van der Waals surface area contributed by atoms with E-state index in [2.05, 4.69) is 10.7 Å². The van der Waals surface area contributed by atoms with Crippen LogP contribution in [0.5, 0.6) is 0 Å². The molecular formula is C6H10N2O2. The summed E-state index contributed by atoms with van der Waals surface area (Å²) in [7, 11) is 0. The van der Waals surface area contributed by atoms with E-state index in [0.29, 0.717) is 19.3 Å². The summed E-state index contributed by atoms with van der Waals surface area (Å²) in [6.07, 6.45) is 2.19. The van der Waals surface area contributed by atoms with E-state index in [1.165, 1.54) is 0 Å². The molecule has 0 aromatic carbocycles. The average Bonchev–Trinajstić information content (AvgIpc) is 1.98. The Morgan fingerprint density at radius 2 is 2.30 bits per heavy atom.